The highest BCUT2D eigenvalue weighted by Crippen LogP contribution is 2.38. The summed E-state index contributed by atoms with van der Waals surface area (Å²) in [7, 11) is 1.57. The van der Waals surface area contributed by atoms with Crippen LogP contribution in [0.1, 0.15) is 35.8 Å². The third-order valence-corrected chi connectivity index (χ3v) is 4.34. The third kappa shape index (κ3) is 3.53. The van der Waals surface area contributed by atoms with E-state index in [1.807, 2.05) is 6.07 Å². The molecule has 0 aliphatic heterocycles. The Bertz CT molecular complexity index is 712. The molecule has 0 spiro atoms. The van der Waals surface area contributed by atoms with Crippen LogP contribution < -0.4 is 10.1 Å². The summed E-state index contributed by atoms with van der Waals surface area (Å²) in [6.07, 6.45) is 4.40. The lowest BCUT2D eigenvalue weighted by molar-refractivity contribution is -0.122. The number of hydrogen-bond acceptors (Lipinski definition) is 7. The summed E-state index contributed by atoms with van der Waals surface area (Å²) in [6.45, 7) is 1.74. The number of amides is 1. The van der Waals surface area contributed by atoms with E-state index < -0.39 is 0 Å². The smallest absolute Gasteiger partial charge is 0.226 e. The molecule has 1 fully saturated rings. The first-order valence-electron chi connectivity index (χ1n) is 7.81. The number of rotatable bonds is 6. The van der Waals surface area contributed by atoms with Crippen molar-refractivity contribution in [2.75, 3.05) is 7.11 Å². The zero-order chi connectivity index (χ0) is 17.1. The van der Waals surface area contributed by atoms with Gasteiger partial charge in [0.2, 0.25) is 5.91 Å². The Hall–Kier alpha value is -2.48. The van der Waals surface area contributed by atoms with Crippen molar-refractivity contribution in [2.24, 2.45) is 5.92 Å². The van der Waals surface area contributed by atoms with Gasteiger partial charge in [0.05, 0.1) is 31.9 Å². The molecule has 128 valence electrons. The van der Waals surface area contributed by atoms with Crippen LogP contribution in [-0.2, 0) is 11.2 Å². The van der Waals surface area contributed by atoms with Gasteiger partial charge in [-0.05, 0) is 37.3 Å². The number of pyridine rings is 1. The Labute approximate surface area is 139 Å². The molecule has 1 amide bonds. The molecule has 24 heavy (non-hydrogen) atoms. The van der Waals surface area contributed by atoms with Gasteiger partial charge in [0, 0.05) is 6.20 Å². The lowest BCUT2D eigenvalue weighted by atomic mass is 9.75. The average molecular weight is 332 g/mol. The van der Waals surface area contributed by atoms with Crippen LogP contribution in [-0.4, -0.2) is 39.5 Å². The molecule has 1 atom stereocenters. The van der Waals surface area contributed by atoms with Crippen LogP contribution in [0.3, 0.4) is 0 Å². The maximum absolute atomic E-state index is 12.4. The highest BCUT2D eigenvalue weighted by atomic mass is 16.6. The van der Waals surface area contributed by atoms with Crippen LogP contribution >= 0.6 is 0 Å². The second-order valence-electron chi connectivity index (χ2n) is 6.06. The van der Waals surface area contributed by atoms with Gasteiger partial charge in [-0.2, -0.15) is 0 Å². The lowest BCUT2D eigenvalue weighted by Crippen LogP contribution is -2.42. The second-order valence-corrected chi connectivity index (χ2v) is 6.06. The number of methoxy groups -OCH3 is 1. The number of nitrogens with zero attached hydrogens (tertiary/aromatic N) is 3. The zero-order valence-corrected chi connectivity index (χ0v) is 13.6. The molecular formula is C16H20N4O4. The van der Waals surface area contributed by atoms with Crippen LogP contribution in [0.25, 0.3) is 0 Å². The molecule has 2 aromatic rings. The molecule has 0 unspecified atom stereocenters. The van der Waals surface area contributed by atoms with E-state index in [1.54, 1.807) is 26.4 Å². The quantitative estimate of drug-likeness (QED) is 0.810. The van der Waals surface area contributed by atoms with E-state index in [2.05, 4.69) is 25.2 Å². The number of nitrogens with one attached hydrogen (secondary N) is 1. The van der Waals surface area contributed by atoms with Crippen LogP contribution in [0.2, 0.25) is 0 Å². The third-order valence-electron chi connectivity index (χ3n) is 4.34. The standard InChI is InChI=1S/C16H20N4O4/c1-9-14(20-24-19-9)6-15(22)18-16(10-3-12(21)4-10)11-5-13(23-2)8-17-7-11/h5,7-8,10,12,16,21H,3-4,6H2,1-2H3,(H,18,22)/t10?,12?,16-/m1/s1. The Kier molecular flexibility index (Phi) is 4.75. The summed E-state index contributed by atoms with van der Waals surface area (Å²) in [5.74, 6) is 0.612. The van der Waals surface area contributed by atoms with Crippen molar-refractivity contribution in [3.63, 3.8) is 0 Å². The van der Waals surface area contributed by atoms with E-state index in [1.165, 1.54) is 0 Å². The first-order valence-corrected chi connectivity index (χ1v) is 7.81. The van der Waals surface area contributed by atoms with Gasteiger partial charge in [-0.25, -0.2) is 4.63 Å². The van der Waals surface area contributed by atoms with Crippen LogP contribution in [0.4, 0.5) is 0 Å². The first-order chi connectivity index (χ1) is 11.6. The van der Waals surface area contributed by atoms with E-state index in [0.717, 1.165) is 5.56 Å². The van der Waals surface area contributed by atoms with E-state index in [-0.39, 0.29) is 30.4 Å². The summed E-state index contributed by atoms with van der Waals surface area (Å²) >= 11 is 0. The number of carbonyl (C=O) groups is 1. The largest absolute Gasteiger partial charge is 0.495 e. The summed E-state index contributed by atoms with van der Waals surface area (Å²) < 4.78 is 9.83. The molecule has 1 aliphatic rings. The van der Waals surface area contributed by atoms with Gasteiger partial charge in [-0.1, -0.05) is 10.3 Å². The van der Waals surface area contributed by atoms with Crippen LogP contribution in [0.5, 0.6) is 5.75 Å². The molecule has 8 heteroatoms. The normalized spacial score (nSPS) is 21.0. The molecule has 0 aromatic carbocycles. The molecule has 0 radical (unpaired) electrons. The topological polar surface area (TPSA) is 110 Å². The number of ether oxygens (including phenoxy) is 1. The van der Waals surface area contributed by atoms with Crippen LogP contribution in [0.15, 0.2) is 23.1 Å². The minimum absolute atomic E-state index is 0.0957. The molecule has 2 aromatic heterocycles. The first kappa shape index (κ1) is 16.4. The minimum Gasteiger partial charge on any atom is -0.495 e. The Morgan fingerprint density at radius 3 is 2.88 bits per heavy atom. The van der Waals surface area contributed by atoms with Gasteiger partial charge < -0.3 is 15.2 Å². The Morgan fingerprint density at radius 1 is 1.46 bits per heavy atom. The maximum Gasteiger partial charge on any atom is 0.226 e. The van der Waals surface area contributed by atoms with Crippen molar-refractivity contribution < 1.29 is 19.3 Å². The molecule has 1 saturated carbocycles. The second kappa shape index (κ2) is 6.96. The SMILES string of the molecule is COc1cncc([C@H](NC(=O)Cc2nonc2C)C2CC(O)C2)c1. The van der Waals surface area contributed by atoms with Crippen molar-refractivity contribution in [1.82, 2.24) is 20.6 Å². The van der Waals surface area contributed by atoms with Gasteiger partial charge in [0.25, 0.3) is 0 Å². The monoisotopic (exact) mass is 332 g/mol. The summed E-state index contributed by atoms with van der Waals surface area (Å²) in [5, 5.41) is 20.0. The maximum atomic E-state index is 12.4. The molecule has 0 bridgehead atoms. The molecule has 8 nitrogen and oxygen atoms in total. The van der Waals surface area contributed by atoms with Crippen LogP contribution in [0, 0.1) is 12.8 Å². The average Bonchev–Trinajstić information content (AvgIpc) is 2.95. The fourth-order valence-corrected chi connectivity index (χ4v) is 2.88. The van der Waals surface area contributed by atoms with E-state index >= 15 is 0 Å². The van der Waals surface area contributed by atoms with E-state index in [0.29, 0.717) is 30.0 Å². The van der Waals surface area contributed by atoms with Gasteiger partial charge in [0.1, 0.15) is 17.1 Å². The number of aryl methyl sites for hydroxylation is 1. The highest BCUT2D eigenvalue weighted by molar-refractivity contribution is 5.78. The van der Waals surface area contributed by atoms with E-state index in [4.69, 9.17) is 4.74 Å². The van der Waals surface area contributed by atoms with Crippen molar-refractivity contribution >= 4 is 5.91 Å². The predicted octanol–water partition coefficient (Wildman–Crippen LogP) is 0.953. The predicted molar refractivity (Wildman–Crippen MR) is 83.1 cm³/mol. The number of hydrogen-bond donors (Lipinski definition) is 2. The van der Waals surface area contributed by atoms with Gasteiger partial charge in [-0.15, -0.1) is 0 Å². The molecule has 3 rings (SSSR count). The molecule has 1 aliphatic carbocycles. The molecule has 0 saturated heterocycles. The van der Waals surface area contributed by atoms with Gasteiger partial charge in [-0.3, -0.25) is 9.78 Å². The van der Waals surface area contributed by atoms with Gasteiger partial charge >= 0.3 is 0 Å². The van der Waals surface area contributed by atoms with Crippen molar-refractivity contribution in [3.05, 3.63) is 35.4 Å². The number of aliphatic hydroxyl groups excluding tert-OH is 1. The summed E-state index contributed by atoms with van der Waals surface area (Å²) in [6, 6.07) is 1.62. The minimum atomic E-state index is -0.310. The van der Waals surface area contributed by atoms with E-state index in [9.17, 15) is 9.90 Å². The summed E-state index contributed by atoms with van der Waals surface area (Å²) in [4.78, 5) is 16.5. The number of carbonyl (C=O) groups excluding carboxylic acids is 1. The molecular weight excluding hydrogens is 312 g/mol. The summed E-state index contributed by atoms with van der Waals surface area (Å²) in [5.41, 5.74) is 1.97. The fraction of sp³-hybridized carbons (Fsp3) is 0.500. The Morgan fingerprint density at radius 2 is 2.25 bits per heavy atom. The lowest BCUT2D eigenvalue weighted by Gasteiger charge is -2.38. The molecule has 2 heterocycles. The van der Waals surface area contributed by atoms with Crippen molar-refractivity contribution in [1.29, 1.82) is 0 Å². The van der Waals surface area contributed by atoms with Crippen molar-refractivity contribution in [3.8, 4) is 5.75 Å². The molecule has 2 N–H and O–H groups in total. The Balaban J connectivity index is 1.75. The number of aliphatic hydroxyl groups is 1. The highest BCUT2D eigenvalue weighted by Gasteiger charge is 2.36. The fourth-order valence-electron chi connectivity index (χ4n) is 2.88. The van der Waals surface area contributed by atoms with Gasteiger partial charge in [0.15, 0.2) is 0 Å². The van der Waals surface area contributed by atoms with Crippen molar-refractivity contribution in [2.45, 2.75) is 38.3 Å². The number of aromatic nitrogens is 3. The zero-order valence-electron chi connectivity index (χ0n) is 13.6.